The molecule has 2 rings (SSSR count). The summed E-state index contributed by atoms with van der Waals surface area (Å²) in [6.45, 7) is 4.75. The van der Waals surface area contributed by atoms with Crippen LogP contribution in [0.15, 0.2) is 0 Å². The molecule has 2 aliphatic heterocycles. The molecule has 100 valence electrons. The Morgan fingerprint density at radius 1 is 0.941 bits per heavy atom. The van der Waals surface area contributed by atoms with Gasteiger partial charge in [-0.2, -0.15) is 0 Å². The van der Waals surface area contributed by atoms with Crippen LogP contribution >= 0.6 is 0 Å². The van der Waals surface area contributed by atoms with Crippen LogP contribution in [0.5, 0.6) is 0 Å². The third-order valence-electron chi connectivity index (χ3n) is 3.88. The Morgan fingerprint density at radius 2 is 1.47 bits per heavy atom. The van der Waals surface area contributed by atoms with Crippen molar-refractivity contribution in [3.8, 4) is 0 Å². The van der Waals surface area contributed by atoms with Crippen LogP contribution < -0.4 is 0 Å². The van der Waals surface area contributed by atoms with Crippen molar-refractivity contribution in [2.45, 2.75) is 43.9 Å². The molecule has 5 heteroatoms. The lowest BCUT2D eigenvalue weighted by Gasteiger charge is -2.39. The molecule has 0 aromatic heterocycles. The molecule has 0 aromatic rings. The maximum atomic E-state index is 11.4. The molecular weight excluding hydrogens is 236 g/mol. The highest BCUT2D eigenvalue weighted by atomic mass is 32.2. The van der Waals surface area contributed by atoms with E-state index < -0.39 is 11.1 Å². The molecule has 4 nitrogen and oxygen atoms in total. The number of hydrogen-bond donors (Lipinski definition) is 0. The van der Waals surface area contributed by atoms with Crippen LogP contribution in [0.2, 0.25) is 0 Å². The molecule has 0 N–H and O–H groups in total. The Hall–Kier alpha value is 0.0300. The topological polar surface area (TPSA) is 46.6 Å². The van der Waals surface area contributed by atoms with E-state index in [-0.39, 0.29) is 5.37 Å². The van der Waals surface area contributed by atoms with Crippen molar-refractivity contribution in [2.75, 3.05) is 32.7 Å². The van der Waals surface area contributed by atoms with Gasteiger partial charge in [0, 0.05) is 6.54 Å². The quantitative estimate of drug-likeness (QED) is 0.711. The molecule has 2 aliphatic rings. The fourth-order valence-corrected chi connectivity index (χ4v) is 3.65. The van der Waals surface area contributed by atoms with Crippen molar-refractivity contribution in [3.63, 3.8) is 0 Å². The van der Waals surface area contributed by atoms with Crippen molar-refractivity contribution in [1.29, 1.82) is 0 Å². The van der Waals surface area contributed by atoms with Crippen LogP contribution in [-0.2, 0) is 11.1 Å². The van der Waals surface area contributed by atoms with Crippen LogP contribution in [0.4, 0.5) is 0 Å². The second-order valence-corrected chi connectivity index (χ2v) is 6.24. The highest BCUT2D eigenvalue weighted by Gasteiger charge is 2.24. The van der Waals surface area contributed by atoms with Gasteiger partial charge in [-0.25, -0.2) is 0 Å². The summed E-state index contributed by atoms with van der Waals surface area (Å²) in [7, 11) is 0. The van der Waals surface area contributed by atoms with Gasteiger partial charge in [-0.3, -0.25) is 9.11 Å². The molecular formula is C12H23N2O2S-. The number of likely N-dealkylation sites (tertiary alicyclic amines) is 2. The van der Waals surface area contributed by atoms with E-state index in [0.29, 0.717) is 6.54 Å². The lowest BCUT2D eigenvalue weighted by Crippen LogP contribution is -2.49. The Balaban J connectivity index is 1.88. The van der Waals surface area contributed by atoms with Gasteiger partial charge < -0.3 is 9.45 Å². The number of nitrogens with zero attached hydrogens (tertiary/aromatic N) is 2. The van der Waals surface area contributed by atoms with E-state index in [1.165, 1.54) is 25.7 Å². The fourth-order valence-electron chi connectivity index (χ4n) is 2.87. The van der Waals surface area contributed by atoms with Gasteiger partial charge in [-0.05, 0) is 62.9 Å². The molecule has 2 heterocycles. The number of piperidine rings is 2. The minimum Gasteiger partial charge on any atom is -0.771 e. The highest BCUT2D eigenvalue weighted by molar-refractivity contribution is 7.79. The zero-order valence-electron chi connectivity index (χ0n) is 10.5. The van der Waals surface area contributed by atoms with Gasteiger partial charge in [0.1, 0.15) is 0 Å². The molecule has 0 amide bonds. The van der Waals surface area contributed by atoms with Gasteiger partial charge in [0.05, 0.1) is 5.37 Å². The summed E-state index contributed by atoms with van der Waals surface area (Å²) in [6, 6.07) is 0. The maximum absolute atomic E-state index is 11.4. The molecule has 0 spiro atoms. The van der Waals surface area contributed by atoms with Gasteiger partial charge in [-0.15, -0.1) is 0 Å². The first-order chi connectivity index (χ1) is 8.27. The van der Waals surface area contributed by atoms with Crippen LogP contribution in [0.3, 0.4) is 0 Å². The summed E-state index contributed by atoms with van der Waals surface area (Å²) in [6.07, 6.45) is 7.28. The first-order valence-electron chi connectivity index (χ1n) is 6.82. The van der Waals surface area contributed by atoms with Crippen molar-refractivity contribution in [3.05, 3.63) is 0 Å². The molecule has 0 radical (unpaired) electrons. The van der Waals surface area contributed by atoms with Crippen LogP contribution in [0, 0.1) is 0 Å². The van der Waals surface area contributed by atoms with Gasteiger partial charge in [-0.1, -0.05) is 12.8 Å². The van der Waals surface area contributed by atoms with E-state index in [1.807, 2.05) is 0 Å². The summed E-state index contributed by atoms with van der Waals surface area (Å²) in [5, 5.41) is -0.284. The normalized spacial score (nSPS) is 27.8. The van der Waals surface area contributed by atoms with Gasteiger partial charge in [0.2, 0.25) is 0 Å². The SMILES string of the molecule is O=S([O-])C(CN1CCCCC1)N1CCCCC1. The van der Waals surface area contributed by atoms with E-state index in [4.69, 9.17) is 0 Å². The predicted molar refractivity (Wildman–Crippen MR) is 68.4 cm³/mol. The first-order valence-corrected chi connectivity index (χ1v) is 7.95. The molecule has 0 aliphatic carbocycles. The maximum Gasteiger partial charge on any atom is 0.0855 e. The summed E-state index contributed by atoms with van der Waals surface area (Å²) in [4.78, 5) is 4.47. The lowest BCUT2D eigenvalue weighted by molar-refractivity contribution is 0.144. The molecule has 17 heavy (non-hydrogen) atoms. The van der Waals surface area contributed by atoms with Crippen LogP contribution in [0.1, 0.15) is 38.5 Å². The third-order valence-corrected chi connectivity index (χ3v) is 4.77. The van der Waals surface area contributed by atoms with Crippen molar-refractivity contribution >= 4 is 11.1 Å². The Morgan fingerprint density at radius 3 is 2.00 bits per heavy atom. The van der Waals surface area contributed by atoms with Crippen molar-refractivity contribution in [1.82, 2.24) is 9.80 Å². The Labute approximate surface area is 107 Å². The number of rotatable bonds is 4. The molecule has 2 unspecified atom stereocenters. The Kier molecular flexibility index (Phi) is 5.41. The fraction of sp³-hybridized carbons (Fsp3) is 1.00. The third kappa shape index (κ3) is 4.02. The van der Waals surface area contributed by atoms with Crippen molar-refractivity contribution < 1.29 is 8.76 Å². The van der Waals surface area contributed by atoms with E-state index in [2.05, 4.69) is 9.80 Å². The Bertz CT molecular complexity index is 251. The summed E-state index contributed by atoms with van der Waals surface area (Å²) >= 11 is -1.97. The van der Waals surface area contributed by atoms with Crippen molar-refractivity contribution in [2.24, 2.45) is 0 Å². The highest BCUT2D eigenvalue weighted by Crippen LogP contribution is 2.17. The standard InChI is InChI=1S/C12H24N2O2S/c15-17(16)12(14-9-5-2-6-10-14)11-13-7-3-1-4-8-13/h12H,1-11H2,(H,15,16)/p-1. The molecule has 0 bridgehead atoms. The average molecular weight is 259 g/mol. The van der Waals surface area contributed by atoms with Gasteiger partial charge in [0.15, 0.2) is 0 Å². The van der Waals surface area contributed by atoms with E-state index in [1.54, 1.807) is 0 Å². The van der Waals surface area contributed by atoms with Crippen LogP contribution in [-0.4, -0.2) is 56.7 Å². The van der Waals surface area contributed by atoms with Gasteiger partial charge >= 0.3 is 0 Å². The van der Waals surface area contributed by atoms with E-state index in [9.17, 15) is 8.76 Å². The van der Waals surface area contributed by atoms with E-state index >= 15 is 0 Å². The van der Waals surface area contributed by atoms with E-state index in [0.717, 1.165) is 39.0 Å². The molecule has 2 atom stereocenters. The average Bonchev–Trinajstić information content (AvgIpc) is 2.38. The largest absolute Gasteiger partial charge is 0.771 e. The zero-order valence-corrected chi connectivity index (χ0v) is 11.3. The molecule has 0 saturated carbocycles. The number of hydrogen-bond acceptors (Lipinski definition) is 4. The minimum absolute atomic E-state index is 0.284. The lowest BCUT2D eigenvalue weighted by atomic mass is 10.1. The summed E-state index contributed by atoms with van der Waals surface area (Å²) < 4.78 is 22.8. The summed E-state index contributed by atoms with van der Waals surface area (Å²) in [5.41, 5.74) is 0. The molecule has 2 saturated heterocycles. The molecule has 0 aromatic carbocycles. The zero-order chi connectivity index (χ0) is 12.1. The molecule has 2 fully saturated rings. The predicted octanol–water partition coefficient (Wildman–Crippen LogP) is 1.16. The summed E-state index contributed by atoms with van der Waals surface area (Å²) in [5.74, 6) is 0. The second kappa shape index (κ2) is 6.83. The second-order valence-electron chi connectivity index (χ2n) is 5.17. The van der Waals surface area contributed by atoms with Gasteiger partial charge in [0.25, 0.3) is 0 Å². The smallest absolute Gasteiger partial charge is 0.0855 e. The monoisotopic (exact) mass is 259 g/mol. The van der Waals surface area contributed by atoms with Crippen LogP contribution in [0.25, 0.3) is 0 Å². The minimum atomic E-state index is -1.97. The first kappa shape index (κ1) is 13.5.